The Morgan fingerprint density at radius 2 is 2.16 bits per heavy atom. The molecule has 0 aliphatic carbocycles. The molecule has 0 radical (unpaired) electrons. The molecule has 0 saturated heterocycles. The molecular formula is C12H14N4O3. The van der Waals surface area contributed by atoms with Crippen LogP contribution < -0.4 is 4.74 Å². The molecule has 2 rings (SSSR count). The molecule has 1 heterocycles. The Labute approximate surface area is 109 Å². The summed E-state index contributed by atoms with van der Waals surface area (Å²) in [5.74, 6) is -0.117. The van der Waals surface area contributed by atoms with E-state index >= 15 is 0 Å². The van der Waals surface area contributed by atoms with E-state index in [0.717, 1.165) is 0 Å². The maximum Gasteiger partial charge on any atom is 0.304 e. The number of aromatic nitrogens is 4. The topological polar surface area (TPSA) is 90.1 Å². The van der Waals surface area contributed by atoms with Gasteiger partial charge in [-0.05, 0) is 22.6 Å². The van der Waals surface area contributed by atoms with Crippen molar-refractivity contribution in [3.63, 3.8) is 0 Å². The first-order valence-electron chi connectivity index (χ1n) is 5.78. The van der Waals surface area contributed by atoms with Crippen molar-refractivity contribution in [3.8, 4) is 5.75 Å². The van der Waals surface area contributed by atoms with Crippen LogP contribution in [-0.2, 0) is 11.8 Å². The van der Waals surface area contributed by atoms with Gasteiger partial charge in [-0.2, -0.15) is 0 Å². The van der Waals surface area contributed by atoms with Gasteiger partial charge in [-0.25, -0.2) is 4.68 Å². The number of rotatable bonds is 6. The van der Waals surface area contributed by atoms with Crippen molar-refractivity contribution in [2.45, 2.75) is 12.3 Å². The van der Waals surface area contributed by atoms with Gasteiger partial charge in [0.25, 0.3) is 0 Å². The van der Waals surface area contributed by atoms with Gasteiger partial charge in [0, 0.05) is 7.05 Å². The Morgan fingerprint density at radius 1 is 1.42 bits per heavy atom. The van der Waals surface area contributed by atoms with Crippen LogP contribution in [-0.4, -0.2) is 37.9 Å². The van der Waals surface area contributed by atoms with Crippen LogP contribution in [0.4, 0.5) is 0 Å². The minimum atomic E-state index is -0.912. The van der Waals surface area contributed by atoms with E-state index in [1.54, 1.807) is 7.05 Å². The van der Waals surface area contributed by atoms with Crippen LogP contribution in [0.15, 0.2) is 30.3 Å². The zero-order chi connectivity index (χ0) is 13.7. The summed E-state index contributed by atoms with van der Waals surface area (Å²) in [6.07, 6.45) is -0.0823. The molecule has 0 saturated carbocycles. The van der Waals surface area contributed by atoms with Gasteiger partial charge in [-0.3, -0.25) is 4.79 Å². The number of aliphatic carboxylic acids is 1. The second-order valence-electron chi connectivity index (χ2n) is 4.08. The highest BCUT2D eigenvalue weighted by molar-refractivity contribution is 5.67. The van der Waals surface area contributed by atoms with Crippen molar-refractivity contribution < 1.29 is 14.6 Å². The van der Waals surface area contributed by atoms with Crippen LogP contribution in [0.3, 0.4) is 0 Å². The van der Waals surface area contributed by atoms with E-state index in [-0.39, 0.29) is 13.0 Å². The predicted octanol–water partition coefficient (Wildman–Crippen LogP) is 0.847. The summed E-state index contributed by atoms with van der Waals surface area (Å²) in [7, 11) is 1.67. The number of carbonyl (C=O) groups is 1. The monoisotopic (exact) mass is 262 g/mol. The average Bonchev–Trinajstić information content (AvgIpc) is 2.81. The van der Waals surface area contributed by atoms with Crippen LogP contribution in [0, 0.1) is 0 Å². The van der Waals surface area contributed by atoms with E-state index in [4.69, 9.17) is 9.84 Å². The third kappa shape index (κ3) is 3.51. The summed E-state index contributed by atoms with van der Waals surface area (Å²) in [6.45, 7) is 0.213. The number of aryl methyl sites for hydroxylation is 1. The molecule has 1 aromatic heterocycles. The number of carboxylic acids is 1. The molecule has 0 bridgehead atoms. The Balaban J connectivity index is 2.07. The van der Waals surface area contributed by atoms with Crippen molar-refractivity contribution >= 4 is 5.97 Å². The average molecular weight is 262 g/mol. The number of carboxylic acid groups (broad SMARTS) is 1. The zero-order valence-corrected chi connectivity index (χ0v) is 10.4. The second-order valence-corrected chi connectivity index (χ2v) is 4.08. The SMILES string of the molecule is Cn1nnnc1C(COc1ccccc1)CC(=O)O. The third-order valence-corrected chi connectivity index (χ3v) is 2.63. The van der Waals surface area contributed by atoms with Crippen LogP contribution in [0.25, 0.3) is 0 Å². The molecule has 0 amide bonds. The lowest BCUT2D eigenvalue weighted by Crippen LogP contribution is -2.18. The molecule has 1 aromatic carbocycles. The highest BCUT2D eigenvalue weighted by Crippen LogP contribution is 2.19. The standard InChI is InChI=1S/C12H14N4O3/c1-16-12(13-14-15-16)9(7-11(17)18)8-19-10-5-3-2-4-6-10/h2-6,9H,7-8H2,1H3,(H,17,18). The summed E-state index contributed by atoms with van der Waals surface area (Å²) >= 11 is 0. The Bertz CT molecular complexity index is 541. The van der Waals surface area contributed by atoms with E-state index in [9.17, 15) is 4.79 Å². The number of hydrogen-bond acceptors (Lipinski definition) is 5. The number of tetrazole rings is 1. The van der Waals surface area contributed by atoms with Gasteiger partial charge < -0.3 is 9.84 Å². The third-order valence-electron chi connectivity index (χ3n) is 2.63. The van der Waals surface area contributed by atoms with E-state index in [0.29, 0.717) is 11.6 Å². The minimum absolute atomic E-state index is 0.0823. The number of benzene rings is 1. The van der Waals surface area contributed by atoms with Gasteiger partial charge in [-0.1, -0.05) is 18.2 Å². The molecule has 0 fully saturated rings. The van der Waals surface area contributed by atoms with Crippen LogP contribution in [0.2, 0.25) is 0 Å². The van der Waals surface area contributed by atoms with Gasteiger partial charge in [0.05, 0.1) is 18.9 Å². The highest BCUT2D eigenvalue weighted by Gasteiger charge is 2.22. The lowest BCUT2D eigenvalue weighted by molar-refractivity contribution is -0.137. The molecular weight excluding hydrogens is 248 g/mol. The Morgan fingerprint density at radius 3 is 2.74 bits per heavy atom. The van der Waals surface area contributed by atoms with Crippen LogP contribution in [0.1, 0.15) is 18.2 Å². The van der Waals surface area contributed by atoms with Gasteiger partial charge >= 0.3 is 5.97 Å². The number of ether oxygens (including phenoxy) is 1. The molecule has 1 N–H and O–H groups in total. The largest absolute Gasteiger partial charge is 0.493 e. The van der Waals surface area contributed by atoms with E-state index in [2.05, 4.69) is 15.5 Å². The molecule has 0 spiro atoms. The van der Waals surface area contributed by atoms with Crippen molar-refractivity contribution in [2.24, 2.45) is 7.05 Å². The molecule has 100 valence electrons. The molecule has 7 nitrogen and oxygen atoms in total. The highest BCUT2D eigenvalue weighted by atomic mass is 16.5. The summed E-state index contributed by atoms with van der Waals surface area (Å²) < 4.78 is 7.04. The van der Waals surface area contributed by atoms with E-state index < -0.39 is 11.9 Å². The van der Waals surface area contributed by atoms with Crippen molar-refractivity contribution in [2.75, 3.05) is 6.61 Å². The van der Waals surface area contributed by atoms with Crippen molar-refractivity contribution in [1.29, 1.82) is 0 Å². The number of nitrogens with zero attached hydrogens (tertiary/aromatic N) is 4. The first-order chi connectivity index (χ1) is 9.16. The van der Waals surface area contributed by atoms with E-state index in [1.807, 2.05) is 30.3 Å². The minimum Gasteiger partial charge on any atom is -0.493 e. The molecule has 0 aliphatic rings. The summed E-state index contributed by atoms with van der Waals surface area (Å²) in [6, 6.07) is 9.21. The smallest absolute Gasteiger partial charge is 0.304 e. The molecule has 19 heavy (non-hydrogen) atoms. The van der Waals surface area contributed by atoms with Crippen LogP contribution >= 0.6 is 0 Å². The van der Waals surface area contributed by atoms with Gasteiger partial charge in [0.15, 0.2) is 5.82 Å². The first-order valence-corrected chi connectivity index (χ1v) is 5.78. The Kier molecular flexibility index (Phi) is 4.07. The zero-order valence-electron chi connectivity index (χ0n) is 10.4. The van der Waals surface area contributed by atoms with Crippen molar-refractivity contribution in [3.05, 3.63) is 36.2 Å². The van der Waals surface area contributed by atoms with Gasteiger partial charge in [0.1, 0.15) is 5.75 Å². The lowest BCUT2D eigenvalue weighted by atomic mass is 10.1. The van der Waals surface area contributed by atoms with Gasteiger partial charge in [-0.15, -0.1) is 5.10 Å². The summed E-state index contributed by atoms with van der Waals surface area (Å²) in [5, 5.41) is 20.0. The number of para-hydroxylation sites is 1. The lowest BCUT2D eigenvalue weighted by Gasteiger charge is -2.14. The van der Waals surface area contributed by atoms with Crippen LogP contribution in [0.5, 0.6) is 5.75 Å². The fourth-order valence-corrected chi connectivity index (χ4v) is 1.73. The predicted molar refractivity (Wildman–Crippen MR) is 65.7 cm³/mol. The number of hydrogen-bond donors (Lipinski definition) is 1. The fourth-order valence-electron chi connectivity index (χ4n) is 1.73. The molecule has 0 aliphatic heterocycles. The molecule has 7 heteroatoms. The first kappa shape index (κ1) is 13.0. The van der Waals surface area contributed by atoms with E-state index in [1.165, 1.54) is 4.68 Å². The normalized spacial score (nSPS) is 12.1. The molecule has 1 unspecified atom stereocenters. The second kappa shape index (κ2) is 5.94. The van der Waals surface area contributed by atoms with Crippen molar-refractivity contribution in [1.82, 2.24) is 20.2 Å². The summed E-state index contributed by atoms with van der Waals surface area (Å²) in [4.78, 5) is 10.9. The van der Waals surface area contributed by atoms with Gasteiger partial charge in [0.2, 0.25) is 0 Å². The fraction of sp³-hybridized carbons (Fsp3) is 0.333. The maximum atomic E-state index is 10.9. The Hall–Kier alpha value is -2.44. The maximum absolute atomic E-state index is 10.9. The summed E-state index contributed by atoms with van der Waals surface area (Å²) in [5.41, 5.74) is 0. The quantitative estimate of drug-likeness (QED) is 0.829. The molecule has 1 atom stereocenters. The molecule has 2 aromatic rings.